The normalized spacial score (nSPS) is 10.6. The Hall–Kier alpha value is -2.98. The highest BCUT2D eigenvalue weighted by Gasteiger charge is 2.17. The highest BCUT2D eigenvalue weighted by molar-refractivity contribution is 5.80. The summed E-state index contributed by atoms with van der Waals surface area (Å²) in [5, 5.41) is 20.2. The molecule has 0 radical (unpaired) electrons. The number of nitro benzene ring substituents is 1. The molecule has 0 spiro atoms. The van der Waals surface area contributed by atoms with Crippen LogP contribution in [0.5, 0.6) is 0 Å². The van der Waals surface area contributed by atoms with Gasteiger partial charge in [-0.05, 0) is 44.0 Å². The number of carbonyl (C=O) groups excluding carboxylic acids is 1. The quantitative estimate of drug-likeness (QED) is 0.316. The molecule has 0 N–H and O–H groups in total. The molecule has 0 bridgehead atoms. The fourth-order valence-corrected chi connectivity index (χ4v) is 2.59. The zero-order valence-corrected chi connectivity index (χ0v) is 14.1. The van der Waals surface area contributed by atoms with Gasteiger partial charge in [0, 0.05) is 25.3 Å². The van der Waals surface area contributed by atoms with Crippen LogP contribution in [0.4, 0.5) is 5.69 Å². The van der Waals surface area contributed by atoms with E-state index in [1.54, 1.807) is 16.7 Å². The number of nitriles is 1. The maximum Gasteiger partial charge on any atom is 0.269 e. The van der Waals surface area contributed by atoms with E-state index in [9.17, 15) is 20.2 Å². The lowest BCUT2D eigenvalue weighted by molar-refractivity contribution is -0.384. The summed E-state index contributed by atoms with van der Waals surface area (Å²) < 4.78 is 7.28. The molecular weight excluding hydrogens is 322 g/mol. The molecule has 0 aliphatic carbocycles. The van der Waals surface area contributed by atoms with Crippen molar-refractivity contribution in [2.24, 2.45) is 0 Å². The fourth-order valence-electron chi connectivity index (χ4n) is 2.59. The van der Waals surface area contributed by atoms with Crippen LogP contribution in [0, 0.1) is 21.4 Å². The summed E-state index contributed by atoms with van der Waals surface area (Å²) in [7, 11) is 0. The Balaban J connectivity index is 2.37. The van der Waals surface area contributed by atoms with Crippen molar-refractivity contribution >= 4 is 12.0 Å². The van der Waals surface area contributed by atoms with E-state index in [-0.39, 0.29) is 11.8 Å². The predicted octanol–water partition coefficient (Wildman–Crippen LogP) is 3.56. The Morgan fingerprint density at radius 1 is 1.36 bits per heavy atom. The number of benzene rings is 1. The van der Waals surface area contributed by atoms with E-state index < -0.39 is 4.92 Å². The van der Waals surface area contributed by atoms with Gasteiger partial charge < -0.3 is 9.30 Å². The van der Waals surface area contributed by atoms with Crippen molar-refractivity contribution in [3.05, 3.63) is 51.7 Å². The monoisotopic (exact) mass is 341 g/mol. The van der Waals surface area contributed by atoms with Gasteiger partial charge in [-0.1, -0.05) is 0 Å². The smallest absolute Gasteiger partial charge is 0.269 e. The van der Waals surface area contributed by atoms with Crippen LogP contribution in [0.3, 0.4) is 0 Å². The SMILES string of the molecule is CC(C)OCCCn1c(C=O)cc(C#N)c1-c1ccc([N+](=O)[O-])cc1. The average molecular weight is 341 g/mol. The van der Waals surface area contributed by atoms with Crippen molar-refractivity contribution in [3.63, 3.8) is 0 Å². The Kier molecular flexibility index (Phi) is 6.03. The van der Waals surface area contributed by atoms with Crippen molar-refractivity contribution < 1.29 is 14.5 Å². The van der Waals surface area contributed by atoms with Gasteiger partial charge in [-0.2, -0.15) is 5.26 Å². The zero-order chi connectivity index (χ0) is 18.4. The lowest BCUT2D eigenvalue weighted by atomic mass is 10.1. The van der Waals surface area contributed by atoms with E-state index in [0.29, 0.717) is 48.4 Å². The third-order valence-electron chi connectivity index (χ3n) is 3.70. The average Bonchev–Trinajstić information content (AvgIpc) is 2.96. The van der Waals surface area contributed by atoms with Gasteiger partial charge in [-0.25, -0.2) is 0 Å². The minimum Gasteiger partial charge on any atom is -0.379 e. The minimum atomic E-state index is -0.478. The van der Waals surface area contributed by atoms with Crippen LogP contribution in [0.2, 0.25) is 0 Å². The second kappa shape index (κ2) is 8.22. The molecule has 0 amide bonds. The molecule has 0 aliphatic rings. The minimum absolute atomic E-state index is 0.0266. The Labute approximate surface area is 145 Å². The molecule has 0 saturated heterocycles. The largest absolute Gasteiger partial charge is 0.379 e. The third-order valence-corrected chi connectivity index (χ3v) is 3.70. The summed E-state index contributed by atoms with van der Waals surface area (Å²) in [5.74, 6) is 0. The van der Waals surface area contributed by atoms with E-state index in [0.717, 1.165) is 0 Å². The number of rotatable bonds is 8. The summed E-state index contributed by atoms with van der Waals surface area (Å²) in [6.07, 6.45) is 1.51. The van der Waals surface area contributed by atoms with Crippen LogP contribution in [0.1, 0.15) is 36.3 Å². The van der Waals surface area contributed by atoms with Gasteiger partial charge in [0.15, 0.2) is 6.29 Å². The summed E-state index contributed by atoms with van der Waals surface area (Å²) in [4.78, 5) is 21.7. The van der Waals surface area contributed by atoms with Gasteiger partial charge in [0.2, 0.25) is 0 Å². The van der Waals surface area contributed by atoms with Gasteiger partial charge in [-0.15, -0.1) is 0 Å². The molecule has 7 heteroatoms. The van der Waals surface area contributed by atoms with Crippen LogP contribution < -0.4 is 0 Å². The number of nitrogens with zero attached hydrogens (tertiary/aromatic N) is 3. The first-order valence-corrected chi connectivity index (χ1v) is 7.93. The first kappa shape index (κ1) is 18.4. The van der Waals surface area contributed by atoms with Gasteiger partial charge >= 0.3 is 0 Å². The number of ether oxygens (including phenoxy) is 1. The Morgan fingerprint density at radius 3 is 2.56 bits per heavy atom. The number of aromatic nitrogens is 1. The van der Waals surface area contributed by atoms with Gasteiger partial charge in [-0.3, -0.25) is 14.9 Å². The van der Waals surface area contributed by atoms with Gasteiger partial charge in [0.25, 0.3) is 5.69 Å². The Bertz CT molecular complexity index is 801. The van der Waals surface area contributed by atoms with Gasteiger partial charge in [0.1, 0.15) is 6.07 Å². The molecule has 0 atom stereocenters. The number of aldehydes is 1. The standard InChI is InChI=1S/C18H19N3O4/c1-13(2)25-9-3-8-20-17(12-22)10-15(11-19)18(20)14-4-6-16(7-5-14)21(23)24/h4-7,10,12-13H,3,8-9H2,1-2H3. The number of hydrogen-bond donors (Lipinski definition) is 0. The van der Waals surface area contributed by atoms with Crippen molar-refractivity contribution in [3.8, 4) is 17.3 Å². The second-order valence-corrected chi connectivity index (χ2v) is 5.79. The van der Waals surface area contributed by atoms with Crippen molar-refractivity contribution in [2.75, 3.05) is 6.61 Å². The summed E-state index contributed by atoms with van der Waals surface area (Å²) >= 11 is 0. The molecule has 2 rings (SSSR count). The summed E-state index contributed by atoms with van der Waals surface area (Å²) in [6, 6.07) is 9.57. The molecule has 2 aromatic rings. The number of non-ortho nitro benzene ring substituents is 1. The van der Waals surface area contributed by atoms with Crippen LogP contribution in [0.15, 0.2) is 30.3 Å². The molecular formula is C18H19N3O4. The van der Waals surface area contributed by atoms with Gasteiger partial charge in [0.05, 0.1) is 28.0 Å². The summed E-state index contributed by atoms with van der Waals surface area (Å²) in [6.45, 7) is 4.94. The molecule has 0 aliphatic heterocycles. The molecule has 0 unspecified atom stereocenters. The van der Waals surface area contributed by atoms with Crippen molar-refractivity contribution in [2.45, 2.75) is 32.9 Å². The van der Waals surface area contributed by atoms with Crippen molar-refractivity contribution in [1.82, 2.24) is 4.57 Å². The molecule has 25 heavy (non-hydrogen) atoms. The Morgan fingerprint density at radius 2 is 2.04 bits per heavy atom. The number of nitro groups is 1. The second-order valence-electron chi connectivity index (χ2n) is 5.79. The van der Waals surface area contributed by atoms with E-state index >= 15 is 0 Å². The highest BCUT2D eigenvalue weighted by Crippen LogP contribution is 2.28. The third kappa shape index (κ3) is 4.31. The molecule has 1 heterocycles. The zero-order valence-electron chi connectivity index (χ0n) is 14.1. The molecule has 130 valence electrons. The van der Waals surface area contributed by atoms with E-state index in [1.807, 2.05) is 13.8 Å². The molecule has 0 fully saturated rings. The van der Waals surface area contributed by atoms with E-state index in [1.165, 1.54) is 18.2 Å². The van der Waals surface area contributed by atoms with Crippen molar-refractivity contribution in [1.29, 1.82) is 5.26 Å². The number of carbonyl (C=O) groups is 1. The maximum atomic E-state index is 11.4. The van der Waals surface area contributed by atoms with Crippen LogP contribution >= 0.6 is 0 Å². The molecule has 7 nitrogen and oxygen atoms in total. The lowest BCUT2D eigenvalue weighted by Gasteiger charge is -2.13. The predicted molar refractivity (Wildman–Crippen MR) is 92.3 cm³/mol. The topological polar surface area (TPSA) is 98.2 Å². The maximum absolute atomic E-state index is 11.4. The van der Waals surface area contributed by atoms with Crippen LogP contribution in [-0.4, -0.2) is 28.5 Å². The van der Waals surface area contributed by atoms with Crippen LogP contribution in [-0.2, 0) is 11.3 Å². The fraction of sp³-hybridized carbons (Fsp3) is 0.333. The summed E-state index contributed by atoms with van der Waals surface area (Å²) in [5.41, 5.74) is 1.97. The molecule has 0 saturated carbocycles. The first-order valence-electron chi connectivity index (χ1n) is 7.93. The van der Waals surface area contributed by atoms with E-state index in [4.69, 9.17) is 4.74 Å². The molecule has 1 aromatic carbocycles. The lowest BCUT2D eigenvalue weighted by Crippen LogP contribution is -2.10. The highest BCUT2D eigenvalue weighted by atomic mass is 16.6. The van der Waals surface area contributed by atoms with E-state index in [2.05, 4.69) is 6.07 Å². The number of hydrogen-bond acceptors (Lipinski definition) is 5. The molecule has 1 aromatic heterocycles. The first-order chi connectivity index (χ1) is 12.0. The van der Waals surface area contributed by atoms with Crippen LogP contribution in [0.25, 0.3) is 11.3 Å².